The monoisotopic (exact) mass is 296 g/mol. The molecular formula is C16H25FN2O2. The molecule has 0 aliphatic carbocycles. The fraction of sp³-hybridized carbons (Fsp3) is 0.562. The van der Waals surface area contributed by atoms with Crippen molar-refractivity contribution < 1.29 is 13.9 Å². The molecule has 118 valence electrons. The van der Waals surface area contributed by atoms with E-state index in [9.17, 15) is 9.18 Å². The van der Waals surface area contributed by atoms with Gasteiger partial charge < -0.3 is 15.0 Å². The van der Waals surface area contributed by atoms with Gasteiger partial charge in [0.2, 0.25) is 0 Å². The number of hydrogen-bond acceptors (Lipinski definition) is 4. The molecule has 0 heterocycles. The quantitative estimate of drug-likeness (QED) is 0.749. The molecule has 0 aliphatic rings. The van der Waals surface area contributed by atoms with Crippen LogP contribution in [-0.2, 0) is 9.53 Å². The molecule has 0 aliphatic heterocycles. The number of nitrogens with one attached hydrogen (secondary N) is 1. The standard InChI is InChI=1S/C16H25FN2O2/c1-5-11-18-16(3,15(20)21-6-2)12-19(4)14-9-7-13(17)8-10-14/h7-10,18H,5-6,11-12H2,1-4H3. The first-order valence-electron chi connectivity index (χ1n) is 7.32. The third-order valence-electron chi connectivity index (χ3n) is 3.31. The summed E-state index contributed by atoms with van der Waals surface area (Å²) in [7, 11) is 1.87. The Hall–Kier alpha value is -1.62. The van der Waals surface area contributed by atoms with Gasteiger partial charge in [-0.05, 0) is 51.1 Å². The Bertz CT molecular complexity index is 450. The predicted molar refractivity (Wildman–Crippen MR) is 83.0 cm³/mol. The molecule has 21 heavy (non-hydrogen) atoms. The topological polar surface area (TPSA) is 41.6 Å². The number of rotatable bonds is 8. The number of halogens is 1. The summed E-state index contributed by atoms with van der Waals surface area (Å²) in [5.41, 5.74) is 0.0556. The number of likely N-dealkylation sites (N-methyl/N-ethyl adjacent to an activating group) is 1. The van der Waals surface area contributed by atoms with Gasteiger partial charge in [0.05, 0.1) is 6.61 Å². The minimum absolute atomic E-state index is 0.271. The highest BCUT2D eigenvalue weighted by Crippen LogP contribution is 2.17. The summed E-state index contributed by atoms with van der Waals surface area (Å²) in [6, 6.07) is 6.21. The van der Waals surface area contributed by atoms with Crippen LogP contribution in [0.5, 0.6) is 0 Å². The fourth-order valence-electron chi connectivity index (χ4n) is 2.15. The van der Waals surface area contributed by atoms with E-state index in [0.29, 0.717) is 13.2 Å². The van der Waals surface area contributed by atoms with E-state index in [1.54, 1.807) is 19.1 Å². The van der Waals surface area contributed by atoms with Crippen molar-refractivity contribution in [2.45, 2.75) is 32.7 Å². The van der Waals surface area contributed by atoms with Crippen LogP contribution in [0.1, 0.15) is 27.2 Å². The lowest BCUT2D eigenvalue weighted by Gasteiger charge is -2.33. The molecule has 0 saturated carbocycles. The molecule has 0 fully saturated rings. The Morgan fingerprint density at radius 2 is 1.95 bits per heavy atom. The van der Waals surface area contributed by atoms with Crippen molar-refractivity contribution in [1.82, 2.24) is 5.32 Å². The van der Waals surface area contributed by atoms with E-state index in [1.807, 2.05) is 25.8 Å². The van der Waals surface area contributed by atoms with E-state index in [4.69, 9.17) is 4.74 Å². The number of hydrogen-bond donors (Lipinski definition) is 1. The molecule has 0 amide bonds. The Morgan fingerprint density at radius 1 is 1.33 bits per heavy atom. The average molecular weight is 296 g/mol. The maximum atomic E-state index is 13.0. The van der Waals surface area contributed by atoms with E-state index >= 15 is 0 Å². The lowest BCUT2D eigenvalue weighted by Crippen LogP contribution is -2.57. The van der Waals surface area contributed by atoms with Crippen molar-refractivity contribution in [2.24, 2.45) is 0 Å². The molecule has 4 nitrogen and oxygen atoms in total. The number of benzene rings is 1. The van der Waals surface area contributed by atoms with Crippen LogP contribution in [0.15, 0.2) is 24.3 Å². The second-order valence-electron chi connectivity index (χ2n) is 5.31. The van der Waals surface area contributed by atoms with Crippen molar-refractivity contribution in [3.05, 3.63) is 30.1 Å². The van der Waals surface area contributed by atoms with Crippen LogP contribution >= 0.6 is 0 Å². The highest BCUT2D eigenvalue weighted by atomic mass is 19.1. The number of carbonyl (C=O) groups is 1. The largest absolute Gasteiger partial charge is 0.465 e. The van der Waals surface area contributed by atoms with E-state index in [2.05, 4.69) is 5.32 Å². The zero-order valence-electron chi connectivity index (χ0n) is 13.3. The summed E-state index contributed by atoms with van der Waals surface area (Å²) in [6.45, 7) is 7.19. The minimum atomic E-state index is -0.796. The Kier molecular flexibility index (Phi) is 6.62. The van der Waals surface area contributed by atoms with Gasteiger partial charge in [-0.1, -0.05) is 6.92 Å². The van der Waals surface area contributed by atoms with E-state index < -0.39 is 5.54 Å². The number of esters is 1. The Morgan fingerprint density at radius 3 is 2.48 bits per heavy atom. The highest BCUT2D eigenvalue weighted by molar-refractivity contribution is 5.81. The van der Waals surface area contributed by atoms with Gasteiger partial charge in [-0.3, -0.25) is 0 Å². The van der Waals surface area contributed by atoms with Gasteiger partial charge in [-0.25, -0.2) is 9.18 Å². The molecule has 1 aromatic rings. The highest BCUT2D eigenvalue weighted by Gasteiger charge is 2.35. The van der Waals surface area contributed by atoms with Gasteiger partial charge in [0.15, 0.2) is 0 Å². The van der Waals surface area contributed by atoms with Gasteiger partial charge in [0, 0.05) is 19.3 Å². The molecule has 1 rings (SSSR count). The summed E-state index contributed by atoms with van der Waals surface area (Å²) in [4.78, 5) is 14.1. The SMILES string of the molecule is CCCNC(C)(CN(C)c1ccc(F)cc1)C(=O)OCC. The molecule has 0 saturated heterocycles. The molecule has 0 radical (unpaired) electrons. The van der Waals surface area contributed by atoms with Crippen LogP contribution in [0.2, 0.25) is 0 Å². The first kappa shape index (κ1) is 17.4. The van der Waals surface area contributed by atoms with Crippen molar-refractivity contribution >= 4 is 11.7 Å². The molecule has 0 spiro atoms. The number of anilines is 1. The third kappa shape index (κ3) is 5.01. The first-order valence-corrected chi connectivity index (χ1v) is 7.32. The molecule has 0 bridgehead atoms. The zero-order chi connectivity index (χ0) is 15.9. The second-order valence-corrected chi connectivity index (χ2v) is 5.31. The second kappa shape index (κ2) is 7.98. The predicted octanol–water partition coefficient (Wildman–Crippen LogP) is 2.58. The van der Waals surface area contributed by atoms with Gasteiger partial charge in [0.1, 0.15) is 11.4 Å². The van der Waals surface area contributed by atoms with Crippen LogP contribution in [0.4, 0.5) is 10.1 Å². The van der Waals surface area contributed by atoms with Crippen molar-refractivity contribution in [2.75, 3.05) is 31.6 Å². The van der Waals surface area contributed by atoms with Crippen molar-refractivity contribution in [1.29, 1.82) is 0 Å². The van der Waals surface area contributed by atoms with E-state index in [0.717, 1.165) is 18.7 Å². The summed E-state index contributed by atoms with van der Waals surface area (Å²) < 4.78 is 18.2. The Labute approximate surface area is 126 Å². The van der Waals surface area contributed by atoms with Gasteiger partial charge in [0.25, 0.3) is 0 Å². The number of nitrogens with zero attached hydrogens (tertiary/aromatic N) is 1. The van der Waals surface area contributed by atoms with Crippen LogP contribution in [0, 0.1) is 5.82 Å². The lowest BCUT2D eigenvalue weighted by atomic mass is 10.0. The summed E-state index contributed by atoms with van der Waals surface area (Å²) >= 11 is 0. The van der Waals surface area contributed by atoms with Crippen molar-refractivity contribution in [3.63, 3.8) is 0 Å². The molecule has 1 aromatic carbocycles. The smallest absolute Gasteiger partial charge is 0.327 e. The molecular weight excluding hydrogens is 271 g/mol. The summed E-state index contributed by atoms with van der Waals surface area (Å²) in [6.07, 6.45) is 0.926. The van der Waals surface area contributed by atoms with Crippen LogP contribution in [0.25, 0.3) is 0 Å². The summed E-state index contributed by atoms with van der Waals surface area (Å²) in [5, 5.41) is 3.25. The molecule has 1 atom stereocenters. The molecule has 5 heteroatoms. The molecule has 1 unspecified atom stereocenters. The third-order valence-corrected chi connectivity index (χ3v) is 3.31. The maximum Gasteiger partial charge on any atom is 0.327 e. The first-order chi connectivity index (χ1) is 9.92. The normalized spacial score (nSPS) is 13.6. The summed E-state index contributed by atoms with van der Waals surface area (Å²) in [5.74, 6) is -0.545. The van der Waals surface area contributed by atoms with Gasteiger partial charge in [-0.15, -0.1) is 0 Å². The van der Waals surface area contributed by atoms with Crippen LogP contribution in [-0.4, -0.2) is 38.3 Å². The minimum Gasteiger partial charge on any atom is -0.465 e. The lowest BCUT2D eigenvalue weighted by molar-refractivity contribution is -0.150. The molecule has 0 aromatic heterocycles. The molecule has 1 N–H and O–H groups in total. The van der Waals surface area contributed by atoms with Crippen molar-refractivity contribution in [3.8, 4) is 0 Å². The Balaban J connectivity index is 2.84. The van der Waals surface area contributed by atoms with E-state index in [-0.39, 0.29) is 11.8 Å². The number of ether oxygens (including phenoxy) is 1. The zero-order valence-corrected chi connectivity index (χ0v) is 13.3. The van der Waals surface area contributed by atoms with Gasteiger partial charge >= 0.3 is 5.97 Å². The fourth-order valence-corrected chi connectivity index (χ4v) is 2.15. The number of carbonyl (C=O) groups excluding carboxylic acids is 1. The average Bonchev–Trinajstić information content (AvgIpc) is 2.46. The van der Waals surface area contributed by atoms with Crippen LogP contribution in [0.3, 0.4) is 0 Å². The van der Waals surface area contributed by atoms with Crippen LogP contribution < -0.4 is 10.2 Å². The van der Waals surface area contributed by atoms with Gasteiger partial charge in [-0.2, -0.15) is 0 Å². The maximum absolute atomic E-state index is 13.0. The van der Waals surface area contributed by atoms with E-state index in [1.165, 1.54) is 12.1 Å².